The number of nitrogen functional groups attached to an aromatic ring is 1. The van der Waals surface area contributed by atoms with Crippen LogP contribution in [0.1, 0.15) is 17.3 Å². The van der Waals surface area contributed by atoms with E-state index in [-0.39, 0.29) is 18.0 Å². The minimum absolute atomic E-state index is 0.0635. The lowest BCUT2D eigenvalue weighted by atomic mass is 10.3. The Kier molecular flexibility index (Phi) is 6.39. The third-order valence-corrected chi connectivity index (χ3v) is 1.62. The summed E-state index contributed by atoms with van der Waals surface area (Å²) in [5.74, 6) is -4.31. The molecule has 6 nitrogen and oxygen atoms in total. The molecule has 0 bridgehead atoms. The van der Waals surface area contributed by atoms with E-state index in [1.54, 1.807) is 6.92 Å². The molecule has 1 rings (SSSR count). The second-order valence-corrected chi connectivity index (χ2v) is 3.11. The van der Waals surface area contributed by atoms with Crippen LogP contribution in [-0.4, -0.2) is 34.8 Å². The number of anilines is 1. The van der Waals surface area contributed by atoms with Gasteiger partial charge in [-0.1, -0.05) is 0 Å². The van der Waals surface area contributed by atoms with E-state index in [1.165, 1.54) is 6.20 Å². The molecule has 0 unspecified atom stereocenters. The highest BCUT2D eigenvalue weighted by molar-refractivity contribution is 5.89. The quantitative estimate of drug-likeness (QED) is 0.635. The highest BCUT2D eigenvalue weighted by Crippen LogP contribution is 2.13. The number of halogens is 4. The van der Waals surface area contributed by atoms with Crippen molar-refractivity contribution in [2.24, 2.45) is 0 Å². The fraction of sp³-hybridized carbons (Fsp3) is 0.300. The molecular formula is C10H10F4N2O4. The molecule has 1 heterocycles. The molecule has 0 saturated heterocycles. The summed E-state index contributed by atoms with van der Waals surface area (Å²) in [6, 6.07) is 1.00. The minimum atomic E-state index is -5.08. The molecule has 0 amide bonds. The zero-order valence-corrected chi connectivity index (χ0v) is 10.1. The van der Waals surface area contributed by atoms with Gasteiger partial charge < -0.3 is 15.6 Å². The lowest BCUT2D eigenvalue weighted by Crippen LogP contribution is -2.21. The zero-order valence-electron chi connectivity index (χ0n) is 10.1. The molecule has 1 aromatic heterocycles. The highest BCUT2D eigenvalue weighted by Gasteiger charge is 2.38. The lowest BCUT2D eigenvalue weighted by Gasteiger charge is -2.01. The molecule has 20 heavy (non-hydrogen) atoms. The maximum atomic E-state index is 12.8. The van der Waals surface area contributed by atoms with Crippen LogP contribution in [0.3, 0.4) is 0 Å². The smallest absolute Gasteiger partial charge is 0.475 e. The summed E-state index contributed by atoms with van der Waals surface area (Å²) in [6.45, 7) is 1.91. The number of carboxylic acids is 1. The van der Waals surface area contributed by atoms with Gasteiger partial charge in [-0.05, 0) is 13.0 Å². The van der Waals surface area contributed by atoms with Crippen molar-refractivity contribution < 1.29 is 37.0 Å². The van der Waals surface area contributed by atoms with Gasteiger partial charge in [0, 0.05) is 6.20 Å². The maximum absolute atomic E-state index is 12.8. The van der Waals surface area contributed by atoms with E-state index in [0.29, 0.717) is 0 Å². The van der Waals surface area contributed by atoms with Crippen molar-refractivity contribution in [2.45, 2.75) is 13.1 Å². The topological polar surface area (TPSA) is 103 Å². The number of aliphatic carboxylic acids is 1. The Labute approximate surface area is 110 Å². The van der Waals surface area contributed by atoms with Gasteiger partial charge in [0.2, 0.25) is 0 Å². The minimum Gasteiger partial charge on any atom is -0.475 e. The average Bonchev–Trinajstić information content (AvgIpc) is 2.32. The van der Waals surface area contributed by atoms with Gasteiger partial charge in [0.05, 0.1) is 12.2 Å². The van der Waals surface area contributed by atoms with E-state index in [1.807, 2.05) is 0 Å². The zero-order chi connectivity index (χ0) is 15.9. The van der Waals surface area contributed by atoms with E-state index < -0.39 is 23.9 Å². The summed E-state index contributed by atoms with van der Waals surface area (Å²) in [7, 11) is 0. The van der Waals surface area contributed by atoms with E-state index in [0.717, 1.165) is 6.07 Å². The number of carbonyl (C=O) groups is 2. The second kappa shape index (κ2) is 7.26. The summed E-state index contributed by atoms with van der Waals surface area (Å²) < 4.78 is 49.2. The monoisotopic (exact) mass is 298 g/mol. The number of nitrogens with zero attached hydrogens (tertiary/aromatic N) is 1. The maximum Gasteiger partial charge on any atom is 0.490 e. The molecule has 10 heteroatoms. The van der Waals surface area contributed by atoms with Crippen molar-refractivity contribution in [1.82, 2.24) is 4.98 Å². The summed E-state index contributed by atoms with van der Waals surface area (Å²) in [5.41, 5.74) is 5.19. The van der Waals surface area contributed by atoms with Crippen molar-refractivity contribution in [1.29, 1.82) is 0 Å². The first-order valence-corrected chi connectivity index (χ1v) is 4.97. The number of hydrogen-bond donors (Lipinski definition) is 2. The number of alkyl halides is 3. The molecular weight excluding hydrogens is 288 g/mol. The van der Waals surface area contributed by atoms with Crippen LogP contribution in [0.4, 0.5) is 23.4 Å². The van der Waals surface area contributed by atoms with Crippen LogP contribution in [0.5, 0.6) is 0 Å². The molecule has 0 saturated carbocycles. The molecule has 1 aromatic rings. The van der Waals surface area contributed by atoms with Crippen LogP contribution in [-0.2, 0) is 9.53 Å². The van der Waals surface area contributed by atoms with Gasteiger partial charge in [0.15, 0.2) is 11.6 Å². The summed E-state index contributed by atoms with van der Waals surface area (Å²) in [4.78, 5) is 23.4. The van der Waals surface area contributed by atoms with Crippen LogP contribution >= 0.6 is 0 Å². The summed E-state index contributed by atoms with van der Waals surface area (Å²) >= 11 is 0. The third-order valence-electron chi connectivity index (χ3n) is 1.62. The number of ether oxygens (including phenoxy) is 1. The molecule has 0 atom stereocenters. The standard InChI is InChI=1S/C8H9FN2O2.C2HF3O2/c1-2-13-8(12)5-3-6(9)7(10)11-4-5;3-2(4,5)1(6)7/h3-4H,2H2,1H3,(H2,10,11);(H,6,7). The predicted octanol–water partition coefficient (Wildman–Crippen LogP) is 1.61. The number of carbonyl (C=O) groups excluding carboxylic acids is 1. The van der Waals surface area contributed by atoms with Gasteiger partial charge in [-0.2, -0.15) is 13.2 Å². The van der Waals surface area contributed by atoms with Crippen molar-refractivity contribution in [3.63, 3.8) is 0 Å². The van der Waals surface area contributed by atoms with Crippen molar-refractivity contribution >= 4 is 17.8 Å². The number of nitrogens with two attached hydrogens (primary N) is 1. The van der Waals surface area contributed by atoms with Crippen LogP contribution in [0.25, 0.3) is 0 Å². The van der Waals surface area contributed by atoms with Gasteiger partial charge in [0.1, 0.15) is 0 Å². The van der Waals surface area contributed by atoms with Gasteiger partial charge in [-0.15, -0.1) is 0 Å². The first kappa shape index (κ1) is 17.6. The van der Waals surface area contributed by atoms with Crippen LogP contribution in [0, 0.1) is 5.82 Å². The summed E-state index contributed by atoms with van der Waals surface area (Å²) in [6.07, 6.45) is -3.91. The Morgan fingerprint density at radius 3 is 2.30 bits per heavy atom. The first-order valence-electron chi connectivity index (χ1n) is 4.97. The Morgan fingerprint density at radius 2 is 1.95 bits per heavy atom. The number of aromatic nitrogens is 1. The van der Waals surface area contributed by atoms with Gasteiger partial charge >= 0.3 is 18.1 Å². The third kappa shape index (κ3) is 5.98. The molecule has 112 valence electrons. The average molecular weight is 298 g/mol. The van der Waals surface area contributed by atoms with E-state index in [4.69, 9.17) is 15.6 Å². The van der Waals surface area contributed by atoms with Crippen molar-refractivity contribution in [3.8, 4) is 0 Å². The van der Waals surface area contributed by atoms with Crippen LogP contribution in [0.2, 0.25) is 0 Å². The number of carboxylic acid groups (broad SMARTS) is 1. The summed E-state index contributed by atoms with van der Waals surface area (Å²) in [5, 5.41) is 7.12. The van der Waals surface area contributed by atoms with Crippen LogP contribution < -0.4 is 5.73 Å². The van der Waals surface area contributed by atoms with E-state index in [9.17, 15) is 22.4 Å². The molecule has 0 spiro atoms. The predicted molar refractivity (Wildman–Crippen MR) is 58.3 cm³/mol. The number of hydrogen-bond acceptors (Lipinski definition) is 5. The normalized spacial score (nSPS) is 10.2. The molecule has 3 N–H and O–H groups in total. The Morgan fingerprint density at radius 1 is 1.45 bits per heavy atom. The molecule has 0 fully saturated rings. The van der Waals surface area contributed by atoms with Gasteiger partial charge in [-0.3, -0.25) is 0 Å². The molecule has 0 aromatic carbocycles. The number of esters is 1. The van der Waals surface area contributed by atoms with Crippen molar-refractivity contribution in [3.05, 3.63) is 23.6 Å². The largest absolute Gasteiger partial charge is 0.490 e. The Hall–Kier alpha value is -2.39. The molecule has 0 radical (unpaired) electrons. The molecule has 0 aliphatic heterocycles. The van der Waals surface area contributed by atoms with Crippen molar-refractivity contribution in [2.75, 3.05) is 12.3 Å². The van der Waals surface area contributed by atoms with E-state index in [2.05, 4.69) is 9.72 Å². The second-order valence-electron chi connectivity index (χ2n) is 3.11. The molecule has 0 aliphatic rings. The van der Waals surface area contributed by atoms with E-state index >= 15 is 0 Å². The first-order chi connectivity index (χ1) is 9.09. The Bertz CT molecular complexity index is 491. The SMILES string of the molecule is CCOC(=O)c1cnc(N)c(F)c1.O=C(O)C(F)(F)F. The van der Waals surface area contributed by atoms with Gasteiger partial charge in [0.25, 0.3) is 0 Å². The lowest BCUT2D eigenvalue weighted by molar-refractivity contribution is -0.192. The Balaban J connectivity index is 0.000000441. The molecule has 0 aliphatic carbocycles. The number of pyridine rings is 1. The fourth-order valence-corrected chi connectivity index (χ4v) is 0.775. The van der Waals surface area contributed by atoms with Crippen LogP contribution in [0.15, 0.2) is 12.3 Å². The van der Waals surface area contributed by atoms with Gasteiger partial charge in [-0.25, -0.2) is 19.0 Å². The highest BCUT2D eigenvalue weighted by atomic mass is 19.4. The number of rotatable bonds is 2. The fourth-order valence-electron chi connectivity index (χ4n) is 0.775.